The molecule has 150 valence electrons. The van der Waals surface area contributed by atoms with Crippen LogP contribution in [0.25, 0.3) is 0 Å². The summed E-state index contributed by atoms with van der Waals surface area (Å²) in [6.07, 6.45) is -4.44. The molecule has 0 aliphatic heterocycles. The van der Waals surface area contributed by atoms with Crippen molar-refractivity contribution in [1.29, 1.82) is 0 Å². The minimum absolute atomic E-state index is 0.00239. The Kier molecular flexibility index (Phi) is 6.48. The first-order valence-corrected chi connectivity index (χ1v) is 8.83. The zero-order valence-electron chi connectivity index (χ0n) is 16.0. The highest BCUT2D eigenvalue weighted by Crippen LogP contribution is 2.29. The normalized spacial score (nSPS) is 11.8. The highest BCUT2D eigenvalue weighted by atomic mass is 19.4. The molecule has 0 aliphatic rings. The predicted molar refractivity (Wildman–Crippen MR) is 101 cm³/mol. The van der Waals surface area contributed by atoms with Crippen LogP contribution in [0.3, 0.4) is 0 Å². The number of hydrogen-bond donors (Lipinski definition) is 2. The Morgan fingerprint density at radius 3 is 1.39 bits per heavy atom. The molecule has 0 saturated heterocycles. The van der Waals surface area contributed by atoms with Gasteiger partial charge in [0.1, 0.15) is 0 Å². The van der Waals surface area contributed by atoms with Crippen LogP contribution in [-0.4, -0.2) is 24.9 Å². The van der Waals surface area contributed by atoms with Crippen molar-refractivity contribution < 1.29 is 22.8 Å². The van der Waals surface area contributed by atoms with Gasteiger partial charge in [-0.3, -0.25) is 9.59 Å². The first kappa shape index (κ1) is 21.5. The fourth-order valence-corrected chi connectivity index (χ4v) is 2.49. The van der Waals surface area contributed by atoms with Crippen molar-refractivity contribution in [2.75, 3.05) is 13.1 Å². The van der Waals surface area contributed by atoms with Gasteiger partial charge < -0.3 is 10.6 Å². The quantitative estimate of drug-likeness (QED) is 0.751. The summed E-state index contributed by atoms with van der Waals surface area (Å²) >= 11 is 0. The molecule has 7 heteroatoms. The minimum atomic E-state index is -4.44. The summed E-state index contributed by atoms with van der Waals surface area (Å²) in [5.74, 6) is -0.762. The van der Waals surface area contributed by atoms with Crippen molar-refractivity contribution in [3.05, 3.63) is 70.8 Å². The van der Waals surface area contributed by atoms with E-state index < -0.39 is 17.6 Å². The lowest BCUT2D eigenvalue weighted by Gasteiger charge is -2.19. The Hall–Kier alpha value is -2.83. The van der Waals surface area contributed by atoms with Crippen molar-refractivity contribution >= 4 is 11.8 Å². The van der Waals surface area contributed by atoms with Crippen LogP contribution < -0.4 is 10.6 Å². The van der Waals surface area contributed by atoms with Crippen LogP contribution in [0.15, 0.2) is 48.5 Å². The van der Waals surface area contributed by atoms with Crippen LogP contribution in [0.1, 0.15) is 52.6 Å². The molecular formula is C21H23F3N2O2. The van der Waals surface area contributed by atoms with Gasteiger partial charge >= 0.3 is 6.18 Å². The standard InChI is InChI=1S/C21H23F3N2O2/c1-20(2,3)16-8-4-14(5-9-16)18(27)25-12-13-26-19(28)15-6-10-17(11-7-15)21(22,23)24/h4-11H,12-13H2,1-3H3,(H,25,27)(H,26,28). The van der Waals surface area contributed by atoms with E-state index in [1.54, 1.807) is 12.1 Å². The Labute approximate surface area is 162 Å². The monoisotopic (exact) mass is 392 g/mol. The summed E-state index contributed by atoms with van der Waals surface area (Å²) in [7, 11) is 0. The molecule has 2 rings (SSSR count). The van der Waals surface area contributed by atoms with Gasteiger partial charge in [0.2, 0.25) is 0 Å². The molecule has 0 heterocycles. The second kappa shape index (κ2) is 8.46. The predicted octanol–water partition coefficient (Wildman–Crippen LogP) is 4.16. The molecule has 0 radical (unpaired) electrons. The Morgan fingerprint density at radius 2 is 1.07 bits per heavy atom. The minimum Gasteiger partial charge on any atom is -0.350 e. The van der Waals surface area contributed by atoms with Crippen LogP contribution in [0.5, 0.6) is 0 Å². The van der Waals surface area contributed by atoms with Gasteiger partial charge in [0.05, 0.1) is 5.56 Å². The molecule has 0 bridgehead atoms. The Morgan fingerprint density at radius 1 is 0.714 bits per heavy atom. The van der Waals surface area contributed by atoms with Crippen LogP contribution >= 0.6 is 0 Å². The maximum atomic E-state index is 12.5. The van der Waals surface area contributed by atoms with Crippen molar-refractivity contribution in [2.45, 2.75) is 32.4 Å². The molecule has 0 unspecified atom stereocenters. The van der Waals surface area contributed by atoms with Gasteiger partial charge in [-0.2, -0.15) is 13.2 Å². The van der Waals surface area contributed by atoms with Gasteiger partial charge in [-0.15, -0.1) is 0 Å². The van der Waals surface area contributed by atoms with Crippen LogP contribution in [0.2, 0.25) is 0 Å². The van der Waals surface area contributed by atoms with Gasteiger partial charge in [-0.1, -0.05) is 32.9 Å². The zero-order chi connectivity index (χ0) is 20.9. The van der Waals surface area contributed by atoms with E-state index in [1.807, 2.05) is 12.1 Å². The van der Waals surface area contributed by atoms with Gasteiger partial charge in [0.25, 0.3) is 11.8 Å². The third-order valence-electron chi connectivity index (χ3n) is 4.18. The highest BCUT2D eigenvalue weighted by Gasteiger charge is 2.30. The molecule has 0 aromatic heterocycles. The molecule has 4 nitrogen and oxygen atoms in total. The molecule has 2 amide bonds. The lowest BCUT2D eigenvalue weighted by Crippen LogP contribution is -2.34. The van der Waals surface area contributed by atoms with E-state index in [4.69, 9.17) is 0 Å². The summed E-state index contributed by atoms with van der Waals surface area (Å²) in [4.78, 5) is 24.1. The SMILES string of the molecule is CC(C)(C)c1ccc(C(=O)NCCNC(=O)c2ccc(C(F)(F)F)cc2)cc1. The zero-order valence-corrected chi connectivity index (χ0v) is 16.0. The van der Waals surface area contributed by atoms with Crippen molar-refractivity contribution in [3.63, 3.8) is 0 Å². The number of benzene rings is 2. The number of carbonyl (C=O) groups excluding carboxylic acids is 2. The fraction of sp³-hybridized carbons (Fsp3) is 0.333. The fourth-order valence-electron chi connectivity index (χ4n) is 2.49. The number of amides is 2. The van der Waals surface area contributed by atoms with Gasteiger partial charge in [-0.25, -0.2) is 0 Å². The third kappa shape index (κ3) is 5.84. The average molecular weight is 392 g/mol. The maximum Gasteiger partial charge on any atom is 0.416 e. The highest BCUT2D eigenvalue weighted by molar-refractivity contribution is 5.95. The second-order valence-corrected chi connectivity index (χ2v) is 7.41. The molecule has 0 fully saturated rings. The molecule has 0 spiro atoms. The van der Waals surface area contributed by atoms with E-state index in [-0.39, 0.29) is 30.0 Å². The molecule has 2 aromatic rings. The summed E-state index contributed by atoms with van der Waals surface area (Å²) < 4.78 is 37.6. The summed E-state index contributed by atoms with van der Waals surface area (Å²) in [6.45, 7) is 6.61. The van der Waals surface area contributed by atoms with E-state index in [0.717, 1.165) is 29.8 Å². The number of carbonyl (C=O) groups is 2. The van der Waals surface area contributed by atoms with E-state index in [2.05, 4.69) is 31.4 Å². The molecule has 0 aliphatic carbocycles. The second-order valence-electron chi connectivity index (χ2n) is 7.41. The molecule has 2 N–H and O–H groups in total. The van der Waals surface area contributed by atoms with E-state index in [0.29, 0.717) is 5.56 Å². The molecule has 0 atom stereocenters. The third-order valence-corrected chi connectivity index (χ3v) is 4.18. The largest absolute Gasteiger partial charge is 0.416 e. The summed E-state index contributed by atoms with van der Waals surface area (Å²) in [5.41, 5.74) is 0.943. The number of nitrogens with one attached hydrogen (secondary N) is 2. The molecule has 28 heavy (non-hydrogen) atoms. The first-order chi connectivity index (χ1) is 13.0. The first-order valence-electron chi connectivity index (χ1n) is 8.83. The smallest absolute Gasteiger partial charge is 0.350 e. The Bertz CT molecular complexity index is 749. The van der Waals surface area contributed by atoms with Crippen molar-refractivity contribution in [3.8, 4) is 0 Å². The lowest BCUT2D eigenvalue weighted by atomic mass is 9.87. The Balaban J connectivity index is 1.80. The van der Waals surface area contributed by atoms with Crippen LogP contribution in [0.4, 0.5) is 13.2 Å². The number of rotatable bonds is 5. The lowest BCUT2D eigenvalue weighted by molar-refractivity contribution is -0.137. The number of alkyl halides is 3. The van der Waals surface area contributed by atoms with Gasteiger partial charge in [0, 0.05) is 24.2 Å². The number of hydrogen-bond acceptors (Lipinski definition) is 2. The van der Waals surface area contributed by atoms with Gasteiger partial charge in [-0.05, 0) is 47.4 Å². The molecular weight excluding hydrogens is 369 g/mol. The van der Waals surface area contributed by atoms with E-state index >= 15 is 0 Å². The van der Waals surface area contributed by atoms with Gasteiger partial charge in [0.15, 0.2) is 0 Å². The average Bonchev–Trinajstić information content (AvgIpc) is 2.63. The maximum absolute atomic E-state index is 12.5. The summed E-state index contributed by atoms with van der Waals surface area (Å²) in [6, 6.07) is 11.3. The number of halogens is 3. The molecule has 2 aromatic carbocycles. The van der Waals surface area contributed by atoms with Crippen molar-refractivity contribution in [1.82, 2.24) is 10.6 Å². The summed E-state index contributed by atoms with van der Waals surface area (Å²) in [5, 5.41) is 5.25. The van der Waals surface area contributed by atoms with Crippen molar-refractivity contribution in [2.24, 2.45) is 0 Å². The molecule has 0 saturated carbocycles. The van der Waals surface area contributed by atoms with Crippen LogP contribution in [-0.2, 0) is 11.6 Å². The van der Waals surface area contributed by atoms with Crippen LogP contribution in [0, 0.1) is 0 Å². The topological polar surface area (TPSA) is 58.2 Å². The van der Waals surface area contributed by atoms with E-state index in [1.165, 1.54) is 0 Å². The van der Waals surface area contributed by atoms with E-state index in [9.17, 15) is 22.8 Å².